The maximum atomic E-state index is 11.9. The third-order valence-corrected chi connectivity index (χ3v) is 3.11. The number of amides is 1. The zero-order valence-electron chi connectivity index (χ0n) is 10.2. The molecule has 0 saturated carbocycles. The summed E-state index contributed by atoms with van der Waals surface area (Å²) in [7, 11) is 0. The van der Waals surface area contributed by atoms with Gasteiger partial charge in [0, 0.05) is 18.8 Å². The monoisotopic (exact) mass is 233 g/mol. The maximum absolute atomic E-state index is 11.9. The standard InChI is InChI=1S/C13H19N3O/c1-10-4-2-7-15-12(10)8-13(17)16-11-5-3-6-14-9-11/h2,4,7,11,14H,3,5-6,8-9H2,1H3,(H,16,17). The highest BCUT2D eigenvalue weighted by Crippen LogP contribution is 2.05. The fourth-order valence-corrected chi connectivity index (χ4v) is 2.11. The number of aromatic nitrogens is 1. The second-order valence-electron chi connectivity index (χ2n) is 4.55. The van der Waals surface area contributed by atoms with Crippen LogP contribution in [0.4, 0.5) is 0 Å². The van der Waals surface area contributed by atoms with Crippen molar-refractivity contribution in [1.29, 1.82) is 0 Å². The summed E-state index contributed by atoms with van der Waals surface area (Å²) in [5.41, 5.74) is 1.94. The molecule has 2 N–H and O–H groups in total. The predicted octanol–water partition coefficient (Wildman–Crippen LogP) is 0.801. The van der Waals surface area contributed by atoms with E-state index in [9.17, 15) is 4.79 Å². The van der Waals surface area contributed by atoms with E-state index in [4.69, 9.17) is 0 Å². The van der Waals surface area contributed by atoms with Crippen LogP contribution in [0.5, 0.6) is 0 Å². The van der Waals surface area contributed by atoms with E-state index in [0.717, 1.165) is 37.2 Å². The zero-order valence-corrected chi connectivity index (χ0v) is 10.2. The lowest BCUT2D eigenvalue weighted by molar-refractivity contribution is -0.121. The molecule has 1 aliphatic heterocycles. The molecule has 92 valence electrons. The second-order valence-corrected chi connectivity index (χ2v) is 4.55. The number of carbonyl (C=O) groups excluding carboxylic acids is 1. The van der Waals surface area contributed by atoms with E-state index in [1.54, 1.807) is 6.20 Å². The summed E-state index contributed by atoms with van der Waals surface area (Å²) >= 11 is 0. The summed E-state index contributed by atoms with van der Waals surface area (Å²) in [4.78, 5) is 16.1. The second kappa shape index (κ2) is 5.77. The Morgan fingerprint density at radius 2 is 2.53 bits per heavy atom. The first-order valence-electron chi connectivity index (χ1n) is 6.16. The van der Waals surface area contributed by atoms with Gasteiger partial charge in [0.15, 0.2) is 0 Å². The zero-order chi connectivity index (χ0) is 12.1. The van der Waals surface area contributed by atoms with Crippen molar-refractivity contribution >= 4 is 5.91 Å². The lowest BCUT2D eigenvalue weighted by atomic mass is 10.1. The molecule has 1 amide bonds. The lowest BCUT2D eigenvalue weighted by Gasteiger charge is -2.23. The molecule has 1 aromatic rings. The van der Waals surface area contributed by atoms with Gasteiger partial charge in [-0.3, -0.25) is 9.78 Å². The van der Waals surface area contributed by atoms with Crippen LogP contribution in [0.25, 0.3) is 0 Å². The van der Waals surface area contributed by atoms with Crippen LogP contribution < -0.4 is 10.6 Å². The van der Waals surface area contributed by atoms with Crippen molar-refractivity contribution in [2.75, 3.05) is 13.1 Å². The SMILES string of the molecule is Cc1cccnc1CC(=O)NC1CCCNC1. The Balaban J connectivity index is 1.86. The molecule has 1 saturated heterocycles. The molecule has 0 radical (unpaired) electrons. The summed E-state index contributed by atoms with van der Waals surface area (Å²) < 4.78 is 0. The minimum absolute atomic E-state index is 0.0699. The van der Waals surface area contributed by atoms with Crippen molar-refractivity contribution in [3.05, 3.63) is 29.6 Å². The molecule has 1 aliphatic rings. The quantitative estimate of drug-likeness (QED) is 0.812. The Hall–Kier alpha value is -1.42. The van der Waals surface area contributed by atoms with E-state index in [1.807, 2.05) is 19.1 Å². The van der Waals surface area contributed by atoms with Gasteiger partial charge in [0.1, 0.15) is 0 Å². The molecule has 4 heteroatoms. The molecule has 0 aliphatic carbocycles. The number of pyridine rings is 1. The normalized spacial score (nSPS) is 19.9. The van der Waals surface area contributed by atoms with Crippen LogP contribution in [0.2, 0.25) is 0 Å². The first-order valence-corrected chi connectivity index (χ1v) is 6.16. The summed E-state index contributed by atoms with van der Waals surface area (Å²) in [6.45, 7) is 3.93. The minimum atomic E-state index is 0.0699. The molecular weight excluding hydrogens is 214 g/mol. The summed E-state index contributed by atoms with van der Waals surface area (Å²) in [6.07, 6.45) is 4.31. The van der Waals surface area contributed by atoms with E-state index >= 15 is 0 Å². The Morgan fingerprint density at radius 3 is 3.24 bits per heavy atom. The molecule has 1 unspecified atom stereocenters. The van der Waals surface area contributed by atoms with Gasteiger partial charge >= 0.3 is 0 Å². The fraction of sp³-hybridized carbons (Fsp3) is 0.538. The molecule has 4 nitrogen and oxygen atoms in total. The third kappa shape index (κ3) is 3.53. The molecule has 2 heterocycles. The van der Waals surface area contributed by atoms with Gasteiger partial charge in [0.05, 0.1) is 12.1 Å². The van der Waals surface area contributed by atoms with Crippen LogP contribution in [-0.2, 0) is 11.2 Å². The van der Waals surface area contributed by atoms with E-state index < -0.39 is 0 Å². The average molecular weight is 233 g/mol. The number of nitrogens with one attached hydrogen (secondary N) is 2. The van der Waals surface area contributed by atoms with Gasteiger partial charge < -0.3 is 10.6 Å². The third-order valence-electron chi connectivity index (χ3n) is 3.11. The molecule has 1 fully saturated rings. The topological polar surface area (TPSA) is 54.0 Å². The van der Waals surface area contributed by atoms with Crippen molar-refractivity contribution in [1.82, 2.24) is 15.6 Å². The summed E-state index contributed by atoms with van der Waals surface area (Å²) in [5, 5.41) is 6.34. The van der Waals surface area contributed by atoms with Crippen molar-refractivity contribution in [2.45, 2.75) is 32.2 Å². The van der Waals surface area contributed by atoms with Crippen LogP contribution in [0, 0.1) is 6.92 Å². The lowest BCUT2D eigenvalue weighted by Crippen LogP contribution is -2.46. The maximum Gasteiger partial charge on any atom is 0.226 e. The average Bonchev–Trinajstić information content (AvgIpc) is 2.33. The van der Waals surface area contributed by atoms with E-state index in [-0.39, 0.29) is 11.9 Å². The van der Waals surface area contributed by atoms with E-state index in [2.05, 4.69) is 15.6 Å². The van der Waals surface area contributed by atoms with Gasteiger partial charge in [0.25, 0.3) is 0 Å². The Labute approximate surface area is 102 Å². The summed E-state index contributed by atoms with van der Waals surface area (Å²) in [6, 6.07) is 4.15. The van der Waals surface area contributed by atoms with Gasteiger partial charge in [-0.1, -0.05) is 6.07 Å². The number of piperidine rings is 1. The van der Waals surface area contributed by atoms with Crippen molar-refractivity contribution in [3.63, 3.8) is 0 Å². The van der Waals surface area contributed by atoms with Gasteiger partial charge in [-0.25, -0.2) is 0 Å². The highest BCUT2D eigenvalue weighted by molar-refractivity contribution is 5.78. The van der Waals surface area contributed by atoms with Crippen LogP contribution in [0.3, 0.4) is 0 Å². The Bertz CT molecular complexity index is 386. The highest BCUT2D eigenvalue weighted by atomic mass is 16.1. The molecule has 1 aromatic heterocycles. The number of nitrogens with zero attached hydrogens (tertiary/aromatic N) is 1. The number of hydrogen-bond donors (Lipinski definition) is 2. The Kier molecular flexibility index (Phi) is 4.09. The van der Waals surface area contributed by atoms with Gasteiger partial charge in [-0.05, 0) is 37.9 Å². The first kappa shape index (κ1) is 12.0. The largest absolute Gasteiger partial charge is 0.352 e. The van der Waals surface area contributed by atoms with Crippen LogP contribution in [0.1, 0.15) is 24.1 Å². The van der Waals surface area contributed by atoms with Crippen molar-refractivity contribution in [3.8, 4) is 0 Å². The van der Waals surface area contributed by atoms with Gasteiger partial charge in [-0.15, -0.1) is 0 Å². The molecule has 17 heavy (non-hydrogen) atoms. The Morgan fingerprint density at radius 1 is 1.65 bits per heavy atom. The number of hydrogen-bond acceptors (Lipinski definition) is 3. The van der Waals surface area contributed by atoms with E-state index in [0.29, 0.717) is 6.42 Å². The van der Waals surface area contributed by atoms with Gasteiger partial charge in [-0.2, -0.15) is 0 Å². The predicted molar refractivity (Wildman–Crippen MR) is 66.7 cm³/mol. The fourth-order valence-electron chi connectivity index (χ4n) is 2.11. The molecule has 0 aromatic carbocycles. The molecule has 0 spiro atoms. The number of rotatable bonds is 3. The van der Waals surface area contributed by atoms with Crippen molar-refractivity contribution in [2.24, 2.45) is 0 Å². The van der Waals surface area contributed by atoms with E-state index in [1.165, 1.54) is 0 Å². The molecule has 2 rings (SSSR count). The smallest absolute Gasteiger partial charge is 0.226 e. The first-order chi connectivity index (χ1) is 8.25. The van der Waals surface area contributed by atoms with Crippen LogP contribution in [0.15, 0.2) is 18.3 Å². The van der Waals surface area contributed by atoms with Crippen molar-refractivity contribution < 1.29 is 4.79 Å². The number of aryl methyl sites for hydroxylation is 1. The van der Waals surface area contributed by atoms with Crippen LogP contribution >= 0.6 is 0 Å². The highest BCUT2D eigenvalue weighted by Gasteiger charge is 2.15. The minimum Gasteiger partial charge on any atom is -0.352 e. The van der Waals surface area contributed by atoms with Crippen LogP contribution in [-0.4, -0.2) is 30.0 Å². The molecule has 1 atom stereocenters. The molecular formula is C13H19N3O. The summed E-state index contributed by atoms with van der Waals surface area (Å²) in [5.74, 6) is 0.0699. The number of carbonyl (C=O) groups is 1. The molecule has 0 bridgehead atoms. The van der Waals surface area contributed by atoms with Gasteiger partial charge in [0.2, 0.25) is 5.91 Å².